The highest BCUT2D eigenvalue weighted by molar-refractivity contribution is 7.09. The maximum atomic E-state index is 12.5. The lowest BCUT2D eigenvalue weighted by Crippen LogP contribution is -2.37. The minimum Gasteiger partial charge on any atom is -0.496 e. The molecule has 1 aromatic carbocycles. The molecule has 1 amide bonds. The molecule has 0 unspecified atom stereocenters. The summed E-state index contributed by atoms with van der Waals surface area (Å²) in [6, 6.07) is 12.0. The van der Waals surface area contributed by atoms with E-state index in [0.29, 0.717) is 13.1 Å². The van der Waals surface area contributed by atoms with Crippen molar-refractivity contribution >= 4 is 17.2 Å². The van der Waals surface area contributed by atoms with Gasteiger partial charge in [-0.05, 0) is 24.1 Å². The number of rotatable bonds is 8. The van der Waals surface area contributed by atoms with Crippen LogP contribution in [0.3, 0.4) is 0 Å². The van der Waals surface area contributed by atoms with E-state index in [4.69, 9.17) is 4.74 Å². The van der Waals surface area contributed by atoms with E-state index < -0.39 is 0 Å². The molecule has 0 fully saturated rings. The number of hydrogen-bond donors (Lipinski definition) is 0. The number of para-hydroxylation sites is 1. The molecule has 0 aliphatic carbocycles. The third kappa shape index (κ3) is 5.08. The summed E-state index contributed by atoms with van der Waals surface area (Å²) in [6.07, 6.45) is 0. The molecule has 2 rings (SSSR count). The molecule has 0 N–H and O–H groups in total. The van der Waals surface area contributed by atoms with Crippen LogP contribution in [-0.2, 0) is 17.9 Å². The number of carbonyl (C=O) groups excluding carboxylic acids is 1. The van der Waals surface area contributed by atoms with Gasteiger partial charge in [0.2, 0.25) is 5.91 Å². The van der Waals surface area contributed by atoms with Crippen LogP contribution < -0.4 is 4.74 Å². The lowest BCUT2D eigenvalue weighted by atomic mass is 10.2. The first-order chi connectivity index (χ1) is 11.1. The van der Waals surface area contributed by atoms with Crippen LogP contribution in [0.1, 0.15) is 17.4 Å². The second kappa shape index (κ2) is 8.70. The molecule has 0 aliphatic heterocycles. The number of thiophene rings is 1. The fraction of sp³-hybridized carbons (Fsp3) is 0.389. The first-order valence-corrected chi connectivity index (χ1v) is 8.62. The second-order valence-electron chi connectivity index (χ2n) is 5.44. The van der Waals surface area contributed by atoms with Crippen LogP contribution in [0, 0.1) is 0 Å². The van der Waals surface area contributed by atoms with Crippen LogP contribution in [0.5, 0.6) is 5.75 Å². The Bertz CT molecular complexity index is 613. The highest BCUT2D eigenvalue weighted by Gasteiger charge is 2.15. The lowest BCUT2D eigenvalue weighted by molar-refractivity contribution is -0.131. The monoisotopic (exact) mass is 332 g/mol. The van der Waals surface area contributed by atoms with Crippen molar-refractivity contribution < 1.29 is 9.53 Å². The van der Waals surface area contributed by atoms with Gasteiger partial charge in [-0.2, -0.15) is 0 Å². The van der Waals surface area contributed by atoms with Crippen molar-refractivity contribution in [1.29, 1.82) is 0 Å². The zero-order chi connectivity index (χ0) is 16.7. The van der Waals surface area contributed by atoms with Crippen LogP contribution >= 0.6 is 11.3 Å². The summed E-state index contributed by atoms with van der Waals surface area (Å²) in [6.45, 7) is 4.75. The summed E-state index contributed by atoms with van der Waals surface area (Å²) < 4.78 is 5.35. The highest BCUT2D eigenvalue weighted by Crippen LogP contribution is 2.19. The molecule has 1 heterocycles. The summed E-state index contributed by atoms with van der Waals surface area (Å²) >= 11 is 1.73. The summed E-state index contributed by atoms with van der Waals surface area (Å²) in [7, 11) is 3.49. The van der Waals surface area contributed by atoms with Gasteiger partial charge in [-0.1, -0.05) is 31.2 Å². The van der Waals surface area contributed by atoms with Gasteiger partial charge in [-0.15, -0.1) is 11.3 Å². The highest BCUT2D eigenvalue weighted by atomic mass is 32.1. The third-order valence-electron chi connectivity index (χ3n) is 3.79. The van der Waals surface area contributed by atoms with Gasteiger partial charge in [0.15, 0.2) is 0 Å². The molecule has 23 heavy (non-hydrogen) atoms. The number of benzene rings is 1. The van der Waals surface area contributed by atoms with Crippen LogP contribution in [0.15, 0.2) is 41.8 Å². The van der Waals surface area contributed by atoms with Gasteiger partial charge < -0.3 is 9.64 Å². The molecule has 5 heteroatoms. The molecule has 0 radical (unpaired) electrons. The standard InChI is InChI=1S/C18H24N2O2S/c1-4-20(13-16-9-7-11-23-16)14-18(21)19(2)12-15-8-5-6-10-17(15)22-3/h5-11H,4,12-14H2,1-3H3. The van der Waals surface area contributed by atoms with E-state index in [9.17, 15) is 4.79 Å². The molecule has 0 saturated heterocycles. The van der Waals surface area contributed by atoms with E-state index in [-0.39, 0.29) is 5.91 Å². The largest absolute Gasteiger partial charge is 0.496 e. The minimum atomic E-state index is 0.120. The van der Waals surface area contributed by atoms with Gasteiger partial charge in [-0.3, -0.25) is 9.69 Å². The van der Waals surface area contributed by atoms with E-state index in [1.165, 1.54) is 4.88 Å². The molecular formula is C18H24N2O2S. The van der Waals surface area contributed by atoms with E-state index in [2.05, 4.69) is 23.3 Å². The quantitative estimate of drug-likeness (QED) is 0.744. The molecule has 0 atom stereocenters. The van der Waals surface area contributed by atoms with E-state index in [1.807, 2.05) is 37.4 Å². The normalized spacial score (nSPS) is 10.8. The first kappa shape index (κ1) is 17.5. The lowest BCUT2D eigenvalue weighted by Gasteiger charge is -2.24. The number of methoxy groups -OCH3 is 1. The molecular weight excluding hydrogens is 308 g/mol. The topological polar surface area (TPSA) is 32.8 Å². The molecule has 0 saturated carbocycles. The summed E-state index contributed by atoms with van der Waals surface area (Å²) in [5.41, 5.74) is 1.02. The third-order valence-corrected chi connectivity index (χ3v) is 4.65. The van der Waals surface area contributed by atoms with Gasteiger partial charge in [-0.25, -0.2) is 0 Å². The Hall–Kier alpha value is -1.85. The molecule has 2 aromatic rings. The van der Waals surface area contributed by atoms with E-state index in [0.717, 1.165) is 24.4 Å². The zero-order valence-corrected chi connectivity index (χ0v) is 14.8. The molecule has 0 bridgehead atoms. The zero-order valence-electron chi connectivity index (χ0n) is 14.0. The number of carbonyl (C=O) groups is 1. The number of nitrogens with zero attached hydrogens (tertiary/aromatic N) is 2. The fourth-order valence-electron chi connectivity index (χ4n) is 2.39. The Kier molecular flexibility index (Phi) is 6.62. The predicted octanol–water partition coefficient (Wildman–Crippen LogP) is 3.24. The van der Waals surface area contributed by atoms with Crippen LogP contribution in [0.2, 0.25) is 0 Å². The van der Waals surface area contributed by atoms with Gasteiger partial charge in [0.25, 0.3) is 0 Å². The Morgan fingerprint density at radius 2 is 1.96 bits per heavy atom. The summed E-state index contributed by atoms with van der Waals surface area (Å²) in [5, 5.41) is 2.07. The van der Waals surface area contributed by atoms with Crippen molar-refractivity contribution in [2.45, 2.75) is 20.0 Å². The van der Waals surface area contributed by atoms with Gasteiger partial charge in [0.1, 0.15) is 5.75 Å². The van der Waals surface area contributed by atoms with Gasteiger partial charge in [0.05, 0.1) is 13.7 Å². The number of amides is 1. The summed E-state index contributed by atoms with van der Waals surface area (Å²) in [4.78, 5) is 17.7. The molecule has 4 nitrogen and oxygen atoms in total. The van der Waals surface area contributed by atoms with Crippen molar-refractivity contribution in [3.8, 4) is 5.75 Å². The Balaban J connectivity index is 1.93. The molecule has 0 aliphatic rings. The maximum Gasteiger partial charge on any atom is 0.236 e. The maximum absolute atomic E-state index is 12.5. The Morgan fingerprint density at radius 1 is 1.17 bits per heavy atom. The Labute approximate surface area is 142 Å². The van der Waals surface area contributed by atoms with Crippen LogP contribution in [0.25, 0.3) is 0 Å². The SMILES string of the molecule is CCN(CC(=O)N(C)Cc1ccccc1OC)Cc1cccs1. The number of hydrogen-bond acceptors (Lipinski definition) is 4. The van der Waals surface area contributed by atoms with Crippen molar-refractivity contribution in [3.63, 3.8) is 0 Å². The van der Waals surface area contributed by atoms with Gasteiger partial charge >= 0.3 is 0 Å². The fourth-order valence-corrected chi connectivity index (χ4v) is 3.14. The predicted molar refractivity (Wildman–Crippen MR) is 94.7 cm³/mol. The van der Waals surface area contributed by atoms with Crippen molar-refractivity contribution in [2.75, 3.05) is 27.2 Å². The number of ether oxygens (including phenoxy) is 1. The average Bonchev–Trinajstić information content (AvgIpc) is 3.07. The first-order valence-electron chi connectivity index (χ1n) is 7.74. The number of likely N-dealkylation sites (N-methyl/N-ethyl adjacent to an activating group) is 2. The van der Waals surface area contributed by atoms with Gasteiger partial charge in [0, 0.05) is 30.6 Å². The van der Waals surface area contributed by atoms with Crippen LogP contribution in [0.4, 0.5) is 0 Å². The summed E-state index contributed by atoms with van der Waals surface area (Å²) in [5.74, 6) is 0.937. The molecule has 1 aromatic heterocycles. The van der Waals surface area contributed by atoms with E-state index in [1.54, 1.807) is 23.3 Å². The minimum absolute atomic E-state index is 0.120. The molecule has 124 valence electrons. The van der Waals surface area contributed by atoms with E-state index >= 15 is 0 Å². The van der Waals surface area contributed by atoms with Crippen molar-refractivity contribution in [3.05, 3.63) is 52.2 Å². The Morgan fingerprint density at radius 3 is 2.61 bits per heavy atom. The van der Waals surface area contributed by atoms with Crippen molar-refractivity contribution in [1.82, 2.24) is 9.80 Å². The second-order valence-corrected chi connectivity index (χ2v) is 6.48. The smallest absolute Gasteiger partial charge is 0.236 e. The average molecular weight is 332 g/mol. The van der Waals surface area contributed by atoms with Crippen LogP contribution in [-0.4, -0.2) is 43.0 Å². The van der Waals surface area contributed by atoms with Crippen molar-refractivity contribution in [2.24, 2.45) is 0 Å². The molecule has 0 spiro atoms.